The number of H-pyrrole nitrogens is 1. The molecule has 3 heterocycles. The van der Waals surface area contributed by atoms with Gasteiger partial charge in [0.15, 0.2) is 0 Å². The number of carbonyl (C=O) groups is 1. The van der Waals surface area contributed by atoms with Crippen molar-refractivity contribution in [2.24, 2.45) is 4.99 Å². The Morgan fingerprint density at radius 1 is 1.22 bits per heavy atom. The molecule has 2 aromatic rings. The summed E-state index contributed by atoms with van der Waals surface area (Å²) in [5.41, 5.74) is 5.28. The van der Waals surface area contributed by atoms with Gasteiger partial charge in [-0.15, -0.1) is 0 Å². The Bertz CT molecular complexity index is 1030. The topological polar surface area (TPSA) is 72.5 Å². The lowest BCUT2D eigenvalue weighted by Gasteiger charge is -2.23. The number of aliphatic imine (C=N–C) groups is 1. The molecule has 0 saturated carbocycles. The van der Waals surface area contributed by atoms with Crippen LogP contribution in [0.25, 0.3) is 5.57 Å². The molecular weight excluding hydrogens is 358 g/mol. The van der Waals surface area contributed by atoms with Crippen molar-refractivity contribution in [2.75, 3.05) is 17.3 Å². The van der Waals surface area contributed by atoms with Crippen LogP contribution >= 0.6 is 12.2 Å². The normalized spacial score (nSPS) is 18.2. The minimum Gasteiger partial charge on any atom is -0.361 e. The van der Waals surface area contributed by atoms with Crippen LogP contribution in [0.2, 0.25) is 0 Å². The molecule has 0 bridgehead atoms. The van der Waals surface area contributed by atoms with Crippen LogP contribution in [0.4, 0.5) is 16.2 Å². The molecule has 134 valence electrons. The Labute approximate surface area is 162 Å². The van der Waals surface area contributed by atoms with Gasteiger partial charge in [0.05, 0.1) is 11.4 Å². The fourth-order valence-corrected chi connectivity index (χ4v) is 3.31. The highest BCUT2D eigenvalue weighted by Gasteiger charge is 2.26. The molecule has 0 radical (unpaired) electrons. The van der Waals surface area contributed by atoms with E-state index in [2.05, 4.69) is 20.6 Å². The summed E-state index contributed by atoms with van der Waals surface area (Å²) >= 11 is 5.55. The molecule has 0 aliphatic carbocycles. The lowest BCUT2D eigenvalue weighted by molar-refractivity contribution is 0.254. The Morgan fingerprint density at radius 2 is 2.11 bits per heavy atom. The number of urea groups is 1. The Kier molecular flexibility index (Phi) is 4.43. The average molecular weight is 375 g/mol. The molecule has 1 aromatic heterocycles. The molecule has 2 amide bonds. The van der Waals surface area contributed by atoms with Gasteiger partial charge in [0.2, 0.25) is 0 Å². The van der Waals surface area contributed by atoms with Crippen LogP contribution in [0.3, 0.4) is 0 Å². The third-order valence-corrected chi connectivity index (χ3v) is 4.58. The van der Waals surface area contributed by atoms with Crippen molar-refractivity contribution >= 4 is 46.4 Å². The first-order chi connectivity index (χ1) is 13.2. The van der Waals surface area contributed by atoms with Crippen molar-refractivity contribution < 1.29 is 4.79 Å². The van der Waals surface area contributed by atoms with Gasteiger partial charge in [0.1, 0.15) is 4.99 Å². The van der Waals surface area contributed by atoms with E-state index in [1.807, 2.05) is 65.7 Å². The number of thiocarbonyl (C=S) groups is 1. The van der Waals surface area contributed by atoms with Crippen LogP contribution in [0.1, 0.15) is 5.69 Å². The van der Waals surface area contributed by atoms with Gasteiger partial charge < -0.3 is 15.6 Å². The molecular formula is C20H17N5OS. The van der Waals surface area contributed by atoms with Crippen LogP contribution in [0.15, 0.2) is 77.2 Å². The molecule has 6 nitrogen and oxygen atoms in total. The van der Waals surface area contributed by atoms with E-state index in [4.69, 9.17) is 12.2 Å². The molecule has 0 fully saturated rings. The third-order valence-electron chi connectivity index (χ3n) is 4.27. The van der Waals surface area contributed by atoms with E-state index in [-0.39, 0.29) is 6.03 Å². The Morgan fingerprint density at radius 3 is 2.89 bits per heavy atom. The van der Waals surface area contributed by atoms with E-state index in [1.165, 1.54) is 0 Å². The average Bonchev–Trinajstić information content (AvgIpc) is 3.41. The van der Waals surface area contributed by atoms with Gasteiger partial charge in [-0.1, -0.05) is 18.3 Å². The summed E-state index contributed by atoms with van der Waals surface area (Å²) in [5.74, 6) is 0. The number of rotatable bonds is 3. The number of aromatic nitrogens is 1. The number of benzene rings is 1. The second-order valence-corrected chi connectivity index (χ2v) is 6.36. The molecule has 7 heteroatoms. The maximum Gasteiger partial charge on any atom is 0.318 e. The quantitative estimate of drug-likeness (QED) is 0.714. The van der Waals surface area contributed by atoms with E-state index < -0.39 is 0 Å². The number of amides is 2. The van der Waals surface area contributed by atoms with Crippen molar-refractivity contribution in [2.45, 2.75) is 0 Å². The van der Waals surface area contributed by atoms with Crippen LogP contribution in [-0.4, -0.2) is 29.3 Å². The predicted octanol–water partition coefficient (Wildman–Crippen LogP) is 3.85. The summed E-state index contributed by atoms with van der Waals surface area (Å²) in [6.45, 7) is 0. The lowest BCUT2D eigenvalue weighted by atomic mass is 10.1. The first-order valence-electron chi connectivity index (χ1n) is 8.41. The van der Waals surface area contributed by atoms with Crippen molar-refractivity contribution in [3.8, 4) is 0 Å². The van der Waals surface area contributed by atoms with Gasteiger partial charge in [0.25, 0.3) is 0 Å². The SMILES string of the molecule is CNC(=O)Nc1cccc(N2C(=S)C=CC2=C2N=CC=C2c2ccc[nH]2)c1. The number of allylic oxidation sites excluding steroid dienone is 3. The van der Waals surface area contributed by atoms with Crippen molar-refractivity contribution in [1.29, 1.82) is 0 Å². The molecule has 3 N–H and O–H groups in total. The second kappa shape index (κ2) is 7.05. The standard InChI is InChI=1S/C20H17N5OS/c1-21-20(26)24-13-4-2-5-14(12-13)25-17(7-8-18(25)27)19-15(9-11-23-19)16-6-3-10-22-16/h2-12,22H,1H3,(H2,21,24,26). The van der Waals surface area contributed by atoms with Gasteiger partial charge in [-0.25, -0.2) is 4.79 Å². The fraction of sp³-hybridized carbons (Fsp3) is 0.0500. The van der Waals surface area contributed by atoms with Crippen molar-refractivity contribution in [3.05, 3.63) is 77.9 Å². The van der Waals surface area contributed by atoms with Crippen LogP contribution in [-0.2, 0) is 0 Å². The summed E-state index contributed by atoms with van der Waals surface area (Å²) < 4.78 is 0. The van der Waals surface area contributed by atoms with Gasteiger partial charge in [-0.3, -0.25) is 9.89 Å². The van der Waals surface area contributed by atoms with Gasteiger partial charge in [-0.05, 0) is 48.6 Å². The Balaban J connectivity index is 1.74. The van der Waals surface area contributed by atoms with Crippen molar-refractivity contribution in [3.63, 3.8) is 0 Å². The Hall–Kier alpha value is -3.45. The molecule has 0 saturated heterocycles. The fourth-order valence-electron chi connectivity index (χ4n) is 3.04. The number of aromatic amines is 1. The lowest BCUT2D eigenvalue weighted by Crippen LogP contribution is -2.25. The minimum absolute atomic E-state index is 0.273. The number of hydrogen-bond donors (Lipinski definition) is 3. The molecule has 0 unspecified atom stereocenters. The van der Waals surface area contributed by atoms with Crippen LogP contribution in [0, 0.1) is 0 Å². The summed E-state index contributed by atoms with van der Waals surface area (Å²) in [6.07, 6.45) is 9.50. The summed E-state index contributed by atoms with van der Waals surface area (Å²) in [7, 11) is 1.58. The zero-order chi connectivity index (χ0) is 18.8. The van der Waals surface area contributed by atoms with E-state index in [0.717, 1.165) is 28.3 Å². The molecule has 4 rings (SSSR count). The molecule has 0 spiro atoms. The van der Waals surface area contributed by atoms with E-state index in [9.17, 15) is 4.79 Å². The van der Waals surface area contributed by atoms with E-state index in [0.29, 0.717) is 10.7 Å². The van der Waals surface area contributed by atoms with Gasteiger partial charge in [0, 0.05) is 42.1 Å². The zero-order valence-corrected chi connectivity index (χ0v) is 15.4. The number of carbonyl (C=O) groups excluding carboxylic acids is 1. The predicted molar refractivity (Wildman–Crippen MR) is 113 cm³/mol. The summed E-state index contributed by atoms with van der Waals surface area (Å²) in [6, 6.07) is 11.2. The highest BCUT2D eigenvalue weighted by atomic mass is 32.1. The maximum absolute atomic E-state index is 11.6. The molecule has 27 heavy (non-hydrogen) atoms. The molecule has 0 atom stereocenters. The minimum atomic E-state index is -0.273. The van der Waals surface area contributed by atoms with Gasteiger partial charge >= 0.3 is 6.03 Å². The van der Waals surface area contributed by atoms with E-state index in [1.54, 1.807) is 13.3 Å². The first kappa shape index (κ1) is 17.0. The monoisotopic (exact) mass is 375 g/mol. The molecule has 2 aliphatic heterocycles. The number of nitrogens with one attached hydrogen (secondary N) is 3. The van der Waals surface area contributed by atoms with Gasteiger partial charge in [-0.2, -0.15) is 0 Å². The molecule has 1 aromatic carbocycles. The zero-order valence-electron chi connectivity index (χ0n) is 14.6. The highest BCUT2D eigenvalue weighted by Crippen LogP contribution is 2.36. The summed E-state index contributed by atoms with van der Waals surface area (Å²) in [5, 5.41) is 5.33. The molecule has 2 aliphatic rings. The third kappa shape index (κ3) is 3.20. The van der Waals surface area contributed by atoms with Crippen LogP contribution in [0.5, 0.6) is 0 Å². The number of anilines is 2. The largest absolute Gasteiger partial charge is 0.361 e. The number of nitrogens with zero attached hydrogens (tertiary/aromatic N) is 2. The smallest absolute Gasteiger partial charge is 0.318 e. The van der Waals surface area contributed by atoms with Crippen molar-refractivity contribution in [1.82, 2.24) is 10.3 Å². The highest BCUT2D eigenvalue weighted by molar-refractivity contribution is 7.81. The second-order valence-electron chi connectivity index (χ2n) is 5.94. The summed E-state index contributed by atoms with van der Waals surface area (Å²) in [4.78, 5) is 22.0. The first-order valence-corrected chi connectivity index (χ1v) is 8.82. The van der Waals surface area contributed by atoms with Crippen LogP contribution < -0.4 is 15.5 Å². The number of hydrogen-bond acceptors (Lipinski definition) is 3. The van der Waals surface area contributed by atoms with E-state index >= 15 is 0 Å². The maximum atomic E-state index is 11.6.